The van der Waals surface area contributed by atoms with E-state index in [2.05, 4.69) is 14.9 Å². The number of hydrogen-bond donors (Lipinski definition) is 0. The molecule has 2 fully saturated rings. The molecule has 13 heavy (non-hydrogen) atoms. The van der Waals surface area contributed by atoms with Crippen LogP contribution in [0.4, 0.5) is 5.82 Å². The molecule has 0 N–H and O–H groups in total. The summed E-state index contributed by atoms with van der Waals surface area (Å²) in [6.45, 7) is 1.13. The molecule has 1 aromatic rings. The number of fused-ring (bicyclic) bond motifs is 1. The van der Waals surface area contributed by atoms with E-state index in [1.807, 2.05) is 6.07 Å². The molecule has 2 heterocycles. The highest BCUT2D eigenvalue weighted by molar-refractivity contribution is 6.28. The molecule has 2 aliphatic rings. The monoisotopic (exact) mass is 195 g/mol. The topological polar surface area (TPSA) is 29.0 Å². The van der Waals surface area contributed by atoms with Crippen LogP contribution in [0.3, 0.4) is 0 Å². The highest BCUT2D eigenvalue weighted by atomic mass is 35.5. The molecule has 2 atom stereocenters. The molecule has 1 aliphatic heterocycles. The summed E-state index contributed by atoms with van der Waals surface area (Å²) in [7, 11) is 0. The molecule has 0 aromatic carbocycles. The minimum atomic E-state index is 0.349. The summed E-state index contributed by atoms with van der Waals surface area (Å²) in [5.74, 6) is 1.92. The standard InChI is InChI=1S/C9H10ClN3/c10-9-11-3-1-8(12-9)13-4-2-6-5-7(6)13/h1,3,6-7H,2,4-5H2. The van der Waals surface area contributed by atoms with E-state index in [1.54, 1.807) is 6.20 Å². The van der Waals surface area contributed by atoms with Crippen molar-refractivity contribution in [2.45, 2.75) is 18.9 Å². The van der Waals surface area contributed by atoms with Crippen LogP contribution < -0.4 is 4.90 Å². The van der Waals surface area contributed by atoms with Crippen LogP contribution in [0.15, 0.2) is 12.3 Å². The average Bonchev–Trinajstić information content (AvgIpc) is 2.78. The lowest BCUT2D eigenvalue weighted by Crippen LogP contribution is -2.23. The summed E-state index contributed by atoms with van der Waals surface area (Å²) >= 11 is 5.74. The maximum Gasteiger partial charge on any atom is 0.224 e. The molecule has 1 saturated carbocycles. The first kappa shape index (κ1) is 7.56. The Morgan fingerprint density at radius 2 is 2.46 bits per heavy atom. The van der Waals surface area contributed by atoms with Crippen LogP contribution in [-0.4, -0.2) is 22.6 Å². The third-order valence-electron chi connectivity index (χ3n) is 2.93. The van der Waals surface area contributed by atoms with Gasteiger partial charge in [-0.15, -0.1) is 0 Å². The number of aromatic nitrogens is 2. The van der Waals surface area contributed by atoms with Crippen LogP contribution in [0.2, 0.25) is 5.28 Å². The van der Waals surface area contributed by atoms with E-state index >= 15 is 0 Å². The van der Waals surface area contributed by atoms with E-state index < -0.39 is 0 Å². The number of piperidine rings is 1. The molecule has 0 amide bonds. The molecule has 1 saturated heterocycles. The number of anilines is 1. The van der Waals surface area contributed by atoms with Crippen molar-refractivity contribution in [2.24, 2.45) is 5.92 Å². The van der Waals surface area contributed by atoms with Crippen molar-refractivity contribution in [3.8, 4) is 0 Å². The number of halogens is 1. The second-order valence-corrected chi connectivity index (χ2v) is 4.07. The van der Waals surface area contributed by atoms with Gasteiger partial charge in [-0.1, -0.05) is 0 Å². The van der Waals surface area contributed by atoms with Gasteiger partial charge in [-0.3, -0.25) is 0 Å². The van der Waals surface area contributed by atoms with Crippen LogP contribution in [0.25, 0.3) is 0 Å². The zero-order valence-electron chi connectivity index (χ0n) is 7.15. The van der Waals surface area contributed by atoms with E-state index in [0.29, 0.717) is 5.28 Å². The van der Waals surface area contributed by atoms with E-state index in [9.17, 15) is 0 Å². The van der Waals surface area contributed by atoms with Gasteiger partial charge in [0.1, 0.15) is 5.82 Å². The summed E-state index contributed by atoms with van der Waals surface area (Å²) in [5.41, 5.74) is 0. The number of nitrogens with zero attached hydrogens (tertiary/aromatic N) is 3. The predicted octanol–water partition coefficient (Wildman–Crippen LogP) is 1.73. The highest BCUT2D eigenvalue weighted by Gasteiger charge is 2.47. The summed E-state index contributed by atoms with van der Waals surface area (Å²) < 4.78 is 0. The van der Waals surface area contributed by atoms with Crippen molar-refractivity contribution in [2.75, 3.05) is 11.4 Å². The molecule has 68 valence electrons. The van der Waals surface area contributed by atoms with Gasteiger partial charge in [-0.05, 0) is 36.4 Å². The molecule has 0 bridgehead atoms. The van der Waals surface area contributed by atoms with Crippen molar-refractivity contribution in [1.29, 1.82) is 0 Å². The van der Waals surface area contributed by atoms with Crippen molar-refractivity contribution in [1.82, 2.24) is 9.97 Å². The lowest BCUT2D eigenvalue weighted by molar-refractivity contribution is 0.791. The van der Waals surface area contributed by atoms with Gasteiger partial charge in [0.2, 0.25) is 5.28 Å². The Labute approximate surface area is 81.7 Å². The van der Waals surface area contributed by atoms with Crippen molar-refractivity contribution >= 4 is 17.4 Å². The van der Waals surface area contributed by atoms with Gasteiger partial charge >= 0.3 is 0 Å². The fourth-order valence-electron chi connectivity index (χ4n) is 2.16. The molecule has 1 aromatic heterocycles. The number of hydrogen-bond acceptors (Lipinski definition) is 3. The maximum atomic E-state index is 5.74. The fourth-order valence-corrected chi connectivity index (χ4v) is 2.31. The maximum absolute atomic E-state index is 5.74. The van der Waals surface area contributed by atoms with Gasteiger partial charge in [0.05, 0.1) is 0 Å². The lowest BCUT2D eigenvalue weighted by atomic mass is 10.3. The van der Waals surface area contributed by atoms with E-state index in [4.69, 9.17) is 11.6 Å². The molecular weight excluding hydrogens is 186 g/mol. The summed E-state index contributed by atoms with van der Waals surface area (Å²) in [6, 6.07) is 2.68. The van der Waals surface area contributed by atoms with E-state index in [0.717, 1.165) is 24.3 Å². The van der Waals surface area contributed by atoms with Crippen molar-refractivity contribution < 1.29 is 0 Å². The molecule has 2 unspecified atom stereocenters. The van der Waals surface area contributed by atoms with Crippen molar-refractivity contribution in [3.05, 3.63) is 17.5 Å². The zero-order chi connectivity index (χ0) is 8.84. The molecular formula is C9H10ClN3. The SMILES string of the molecule is Clc1nccc(N2CCC3CC32)n1. The second-order valence-electron chi connectivity index (χ2n) is 3.73. The van der Waals surface area contributed by atoms with Gasteiger partial charge in [-0.25, -0.2) is 9.97 Å². The Morgan fingerprint density at radius 1 is 1.54 bits per heavy atom. The lowest BCUT2D eigenvalue weighted by Gasteiger charge is -2.18. The Kier molecular flexibility index (Phi) is 1.50. The minimum absolute atomic E-state index is 0.349. The molecule has 0 radical (unpaired) electrons. The van der Waals surface area contributed by atoms with E-state index in [1.165, 1.54) is 12.8 Å². The van der Waals surface area contributed by atoms with Gasteiger partial charge in [-0.2, -0.15) is 0 Å². The highest BCUT2D eigenvalue weighted by Crippen LogP contribution is 2.45. The van der Waals surface area contributed by atoms with Gasteiger partial charge in [0, 0.05) is 18.8 Å². The molecule has 0 spiro atoms. The summed E-state index contributed by atoms with van der Waals surface area (Å²) in [4.78, 5) is 10.4. The summed E-state index contributed by atoms with van der Waals surface area (Å²) in [6.07, 6.45) is 4.37. The van der Waals surface area contributed by atoms with Gasteiger partial charge in [0.25, 0.3) is 0 Å². The normalized spacial score (nSPS) is 30.4. The molecule has 3 nitrogen and oxygen atoms in total. The molecule has 3 rings (SSSR count). The third-order valence-corrected chi connectivity index (χ3v) is 3.11. The Balaban J connectivity index is 1.91. The van der Waals surface area contributed by atoms with Gasteiger partial charge < -0.3 is 4.90 Å². The predicted molar refractivity (Wildman–Crippen MR) is 50.9 cm³/mol. The Hall–Kier alpha value is -0.830. The molecule has 4 heteroatoms. The fraction of sp³-hybridized carbons (Fsp3) is 0.556. The minimum Gasteiger partial charge on any atom is -0.353 e. The first-order valence-corrected chi connectivity index (χ1v) is 4.97. The van der Waals surface area contributed by atoms with E-state index in [-0.39, 0.29) is 0 Å². The van der Waals surface area contributed by atoms with Crippen LogP contribution in [0.1, 0.15) is 12.8 Å². The summed E-state index contributed by atoms with van der Waals surface area (Å²) in [5, 5.41) is 0.349. The third kappa shape index (κ3) is 1.18. The molecule has 1 aliphatic carbocycles. The zero-order valence-corrected chi connectivity index (χ0v) is 7.91. The van der Waals surface area contributed by atoms with Crippen LogP contribution >= 0.6 is 11.6 Å². The van der Waals surface area contributed by atoms with Gasteiger partial charge in [0.15, 0.2) is 0 Å². The largest absolute Gasteiger partial charge is 0.353 e. The van der Waals surface area contributed by atoms with Crippen LogP contribution in [0, 0.1) is 5.92 Å². The first-order valence-electron chi connectivity index (χ1n) is 4.60. The Morgan fingerprint density at radius 3 is 3.08 bits per heavy atom. The Bertz CT molecular complexity index is 341. The smallest absolute Gasteiger partial charge is 0.224 e. The first-order chi connectivity index (χ1) is 6.34. The van der Waals surface area contributed by atoms with Crippen LogP contribution in [0.5, 0.6) is 0 Å². The second kappa shape index (κ2) is 2.58. The average molecular weight is 196 g/mol. The van der Waals surface area contributed by atoms with Crippen LogP contribution in [-0.2, 0) is 0 Å². The number of rotatable bonds is 1. The quantitative estimate of drug-likeness (QED) is 0.640. The van der Waals surface area contributed by atoms with Crippen molar-refractivity contribution in [3.63, 3.8) is 0 Å².